The van der Waals surface area contributed by atoms with Crippen LogP contribution in [0.2, 0.25) is 5.02 Å². The number of amides is 1. The van der Waals surface area contributed by atoms with Crippen LogP contribution in [0.4, 0.5) is 5.82 Å². The van der Waals surface area contributed by atoms with Gasteiger partial charge in [-0.3, -0.25) is 9.48 Å². The second-order valence-electron chi connectivity index (χ2n) is 3.88. The lowest BCUT2D eigenvalue weighted by atomic mass is 10.2. The number of hydrogen-bond donors (Lipinski definition) is 2. The Labute approximate surface area is 110 Å². The number of nitrogens with one attached hydrogen (secondary N) is 1. The highest BCUT2D eigenvalue weighted by Gasteiger charge is 2.12. The number of hydrogen-bond acceptors (Lipinski definition) is 3. The van der Waals surface area contributed by atoms with Crippen LogP contribution in [0, 0.1) is 0 Å². The summed E-state index contributed by atoms with van der Waals surface area (Å²) in [6.45, 7) is 0.397. The summed E-state index contributed by atoms with van der Waals surface area (Å²) in [5.74, 6) is 0.0965. The molecular formula is C12H13ClN4O. The van der Waals surface area contributed by atoms with Gasteiger partial charge >= 0.3 is 0 Å². The van der Waals surface area contributed by atoms with Crippen LogP contribution in [-0.2, 0) is 13.6 Å². The summed E-state index contributed by atoms with van der Waals surface area (Å²) >= 11 is 5.86. The van der Waals surface area contributed by atoms with Crippen molar-refractivity contribution in [2.75, 3.05) is 5.73 Å². The lowest BCUT2D eigenvalue weighted by molar-refractivity contribution is 0.0952. The van der Waals surface area contributed by atoms with E-state index in [0.29, 0.717) is 22.9 Å². The molecule has 0 bridgehead atoms. The minimum Gasteiger partial charge on any atom is -0.383 e. The minimum atomic E-state index is -0.249. The molecule has 0 aliphatic heterocycles. The Bertz CT molecular complexity index is 579. The summed E-state index contributed by atoms with van der Waals surface area (Å²) in [7, 11) is 1.68. The zero-order chi connectivity index (χ0) is 13.1. The van der Waals surface area contributed by atoms with E-state index in [1.165, 1.54) is 10.9 Å². The van der Waals surface area contributed by atoms with Crippen molar-refractivity contribution in [1.82, 2.24) is 15.1 Å². The number of nitrogens with two attached hydrogens (primary N) is 1. The fourth-order valence-electron chi connectivity index (χ4n) is 1.55. The molecule has 1 aromatic heterocycles. The second-order valence-corrected chi connectivity index (χ2v) is 4.32. The molecule has 2 rings (SSSR count). The molecule has 0 spiro atoms. The Kier molecular flexibility index (Phi) is 3.53. The number of aromatic nitrogens is 2. The predicted octanol–water partition coefficient (Wildman–Crippen LogP) is 1.59. The average Bonchev–Trinajstić information content (AvgIpc) is 2.67. The molecule has 0 aliphatic carbocycles. The molecule has 0 aliphatic rings. The van der Waals surface area contributed by atoms with Crippen molar-refractivity contribution < 1.29 is 4.79 Å². The summed E-state index contributed by atoms with van der Waals surface area (Å²) in [5.41, 5.74) is 7.02. The Hall–Kier alpha value is -2.01. The third-order valence-electron chi connectivity index (χ3n) is 2.57. The first-order chi connectivity index (χ1) is 8.58. The van der Waals surface area contributed by atoms with Crippen molar-refractivity contribution in [1.29, 1.82) is 0 Å². The lowest BCUT2D eigenvalue weighted by Gasteiger charge is -2.05. The van der Waals surface area contributed by atoms with Crippen LogP contribution in [-0.4, -0.2) is 15.7 Å². The minimum absolute atomic E-state index is 0.249. The Morgan fingerprint density at radius 1 is 1.56 bits per heavy atom. The molecule has 0 fully saturated rings. The molecule has 0 atom stereocenters. The molecule has 0 unspecified atom stereocenters. The van der Waals surface area contributed by atoms with E-state index in [2.05, 4.69) is 10.4 Å². The summed E-state index contributed by atoms with van der Waals surface area (Å²) < 4.78 is 1.45. The second kappa shape index (κ2) is 5.10. The molecule has 18 heavy (non-hydrogen) atoms. The summed E-state index contributed by atoms with van der Waals surface area (Å²) in [6, 6.07) is 7.31. The first-order valence-corrected chi connectivity index (χ1v) is 5.76. The maximum Gasteiger partial charge on any atom is 0.256 e. The molecule has 5 nitrogen and oxygen atoms in total. The van der Waals surface area contributed by atoms with Gasteiger partial charge in [-0.2, -0.15) is 5.10 Å². The summed E-state index contributed by atoms with van der Waals surface area (Å²) in [6.07, 6.45) is 1.45. The van der Waals surface area contributed by atoms with Crippen LogP contribution in [0.1, 0.15) is 15.9 Å². The van der Waals surface area contributed by atoms with Crippen molar-refractivity contribution in [3.63, 3.8) is 0 Å². The van der Waals surface area contributed by atoms with E-state index in [0.717, 1.165) is 5.56 Å². The van der Waals surface area contributed by atoms with Gasteiger partial charge in [0.15, 0.2) is 0 Å². The molecule has 2 aromatic rings. The molecule has 0 radical (unpaired) electrons. The van der Waals surface area contributed by atoms with Gasteiger partial charge in [-0.1, -0.05) is 23.7 Å². The fraction of sp³-hybridized carbons (Fsp3) is 0.167. The van der Waals surface area contributed by atoms with Gasteiger partial charge in [0.1, 0.15) is 11.4 Å². The number of benzene rings is 1. The largest absolute Gasteiger partial charge is 0.383 e. The Balaban J connectivity index is 2.03. The summed E-state index contributed by atoms with van der Waals surface area (Å²) in [4.78, 5) is 11.9. The number of aryl methyl sites for hydroxylation is 1. The first-order valence-electron chi connectivity index (χ1n) is 5.38. The SMILES string of the molecule is Cn1ncc(C(=O)NCc2cccc(Cl)c2)c1N. The molecule has 6 heteroatoms. The smallest absolute Gasteiger partial charge is 0.256 e. The third kappa shape index (κ3) is 2.62. The molecule has 0 saturated heterocycles. The standard InChI is InChI=1S/C12H13ClN4O/c1-17-11(14)10(7-16-17)12(18)15-6-8-3-2-4-9(13)5-8/h2-5,7H,6,14H2,1H3,(H,15,18). The van der Waals surface area contributed by atoms with E-state index in [-0.39, 0.29) is 5.91 Å². The number of anilines is 1. The molecule has 1 amide bonds. The van der Waals surface area contributed by atoms with Gasteiger partial charge in [-0.25, -0.2) is 0 Å². The Morgan fingerprint density at radius 2 is 2.33 bits per heavy atom. The van der Waals surface area contributed by atoms with E-state index in [9.17, 15) is 4.79 Å². The number of rotatable bonds is 3. The molecule has 94 valence electrons. The first kappa shape index (κ1) is 12.4. The Morgan fingerprint density at radius 3 is 2.94 bits per heavy atom. The maximum atomic E-state index is 11.9. The van der Waals surface area contributed by atoms with Gasteiger partial charge in [-0.05, 0) is 17.7 Å². The molecular weight excluding hydrogens is 252 g/mol. The molecule has 0 saturated carbocycles. The number of nitrogen functional groups attached to an aromatic ring is 1. The van der Waals surface area contributed by atoms with Crippen molar-refractivity contribution in [2.24, 2.45) is 7.05 Å². The zero-order valence-corrected chi connectivity index (χ0v) is 10.6. The van der Waals surface area contributed by atoms with E-state index in [4.69, 9.17) is 17.3 Å². The van der Waals surface area contributed by atoms with Gasteiger partial charge in [0.2, 0.25) is 0 Å². The van der Waals surface area contributed by atoms with Crippen molar-refractivity contribution in [2.45, 2.75) is 6.54 Å². The number of halogens is 1. The van der Waals surface area contributed by atoms with Crippen LogP contribution < -0.4 is 11.1 Å². The van der Waals surface area contributed by atoms with Gasteiger partial charge < -0.3 is 11.1 Å². The highest BCUT2D eigenvalue weighted by atomic mass is 35.5. The predicted molar refractivity (Wildman–Crippen MR) is 70.2 cm³/mol. The van der Waals surface area contributed by atoms with Crippen LogP contribution in [0.5, 0.6) is 0 Å². The highest BCUT2D eigenvalue weighted by molar-refractivity contribution is 6.30. The van der Waals surface area contributed by atoms with Crippen LogP contribution in [0.15, 0.2) is 30.5 Å². The van der Waals surface area contributed by atoms with Crippen LogP contribution in [0.3, 0.4) is 0 Å². The van der Waals surface area contributed by atoms with Gasteiger partial charge in [0.25, 0.3) is 5.91 Å². The third-order valence-corrected chi connectivity index (χ3v) is 2.81. The quantitative estimate of drug-likeness (QED) is 0.884. The van der Waals surface area contributed by atoms with E-state index < -0.39 is 0 Å². The van der Waals surface area contributed by atoms with E-state index in [1.54, 1.807) is 19.2 Å². The maximum absolute atomic E-state index is 11.9. The van der Waals surface area contributed by atoms with E-state index >= 15 is 0 Å². The normalized spacial score (nSPS) is 10.3. The lowest BCUT2D eigenvalue weighted by Crippen LogP contribution is -2.23. The number of carbonyl (C=O) groups is 1. The van der Waals surface area contributed by atoms with Gasteiger partial charge in [0.05, 0.1) is 6.20 Å². The number of nitrogens with zero attached hydrogens (tertiary/aromatic N) is 2. The molecule has 1 aromatic carbocycles. The van der Waals surface area contributed by atoms with Gasteiger partial charge in [-0.15, -0.1) is 0 Å². The monoisotopic (exact) mass is 264 g/mol. The van der Waals surface area contributed by atoms with Crippen LogP contribution in [0.25, 0.3) is 0 Å². The van der Waals surface area contributed by atoms with Crippen molar-refractivity contribution in [3.05, 3.63) is 46.6 Å². The summed E-state index contributed by atoms with van der Waals surface area (Å²) in [5, 5.41) is 7.32. The topological polar surface area (TPSA) is 72.9 Å². The van der Waals surface area contributed by atoms with Crippen molar-refractivity contribution in [3.8, 4) is 0 Å². The number of carbonyl (C=O) groups excluding carboxylic acids is 1. The molecule has 3 N–H and O–H groups in total. The zero-order valence-electron chi connectivity index (χ0n) is 9.85. The van der Waals surface area contributed by atoms with Gasteiger partial charge in [0, 0.05) is 18.6 Å². The average molecular weight is 265 g/mol. The fourth-order valence-corrected chi connectivity index (χ4v) is 1.76. The molecule has 1 heterocycles. The highest BCUT2D eigenvalue weighted by Crippen LogP contribution is 2.12. The van der Waals surface area contributed by atoms with E-state index in [1.807, 2.05) is 12.1 Å². The van der Waals surface area contributed by atoms with Crippen molar-refractivity contribution >= 4 is 23.3 Å². The van der Waals surface area contributed by atoms with Crippen LogP contribution >= 0.6 is 11.6 Å².